The topological polar surface area (TPSA) is 63.6 Å². The lowest BCUT2D eigenvalue weighted by Crippen LogP contribution is -1.98. The van der Waals surface area contributed by atoms with Crippen molar-refractivity contribution >= 4 is 11.9 Å². The second kappa shape index (κ2) is 24.7. The number of carboxylic acid groups (broad SMARTS) is 1. The number of hydrogen-bond acceptors (Lipinski definition) is 3. The fourth-order valence-corrected chi connectivity index (χ4v) is 2.59. The molecule has 160 valence electrons. The van der Waals surface area contributed by atoms with Gasteiger partial charge in [-0.1, -0.05) is 77.4 Å². The monoisotopic (exact) mass is 384 g/mol. The third-order valence-electron chi connectivity index (χ3n) is 4.16. The third-order valence-corrected chi connectivity index (χ3v) is 4.16. The summed E-state index contributed by atoms with van der Waals surface area (Å²) in [7, 11) is 0. The Morgan fingerprint density at radius 1 is 0.741 bits per heavy atom. The Kier molecular flexibility index (Phi) is 25.5. The molecule has 4 nitrogen and oxygen atoms in total. The molecule has 4 heteroatoms. The maximum atomic E-state index is 10.3. The van der Waals surface area contributed by atoms with Crippen LogP contribution in [0.15, 0.2) is 12.2 Å². The molecule has 0 heterocycles. The number of aliphatic carboxylic acids is 1. The van der Waals surface area contributed by atoms with Gasteiger partial charge >= 0.3 is 11.9 Å². The summed E-state index contributed by atoms with van der Waals surface area (Å²) in [6.45, 7) is 6.18. The van der Waals surface area contributed by atoms with Gasteiger partial charge in [-0.2, -0.15) is 0 Å². The zero-order chi connectivity index (χ0) is 20.6. The molecule has 0 aromatic heterocycles. The molecule has 0 fully saturated rings. The van der Waals surface area contributed by atoms with Crippen molar-refractivity contribution in [3.8, 4) is 0 Å². The highest BCUT2D eigenvalue weighted by atomic mass is 16.5. The minimum Gasteiger partial charge on any atom is -0.481 e. The van der Waals surface area contributed by atoms with Crippen LogP contribution in [0.2, 0.25) is 0 Å². The molecule has 1 N–H and O–H groups in total. The molecule has 0 atom stereocenters. The molecule has 0 aliphatic carbocycles. The summed E-state index contributed by atoms with van der Waals surface area (Å²) >= 11 is 0. The van der Waals surface area contributed by atoms with Crippen molar-refractivity contribution in [2.75, 3.05) is 6.61 Å². The van der Waals surface area contributed by atoms with Crippen LogP contribution in [0.3, 0.4) is 0 Å². The quantitative estimate of drug-likeness (QED) is 0.165. The van der Waals surface area contributed by atoms with Gasteiger partial charge in [-0.05, 0) is 38.5 Å². The van der Waals surface area contributed by atoms with E-state index in [4.69, 9.17) is 5.11 Å². The van der Waals surface area contributed by atoms with E-state index in [2.05, 4.69) is 23.8 Å². The number of allylic oxidation sites excluding steroid dienone is 2. The van der Waals surface area contributed by atoms with E-state index in [0.717, 1.165) is 19.3 Å². The molecule has 0 saturated carbocycles. The average molecular weight is 385 g/mol. The average Bonchev–Trinajstić information content (AvgIpc) is 2.63. The summed E-state index contributed by atoms with van der Waals surface area (Å²) in [6.07, 6.45) is 22.1. The minimum atomic E-state index is -0.664. The molecule has 0 rings (SSSR count). The Morgan fingerprint density at radius 3 is 1.63 bits per heavy atom. The van der Waals surface area contributed by atoms with E-state index >= 15 is 0 Å². The predicted molar refractivity (Wildman–Crippen MR) is 114 cm³/mol. The zero-order valence-electron chi connectivity index (χ0n) is 18.1. The first-order chi connectivity index (χ1) is 13.0. The van der Waals surface area contributed by atoms with Crippen LogP contribution in [0.1, 0.15) is 117 Å². The molecular weight excluding hydrogens is 340 g/mol. The molecule has 0 unspecified atom stereocenters. The summed E-state index contributed by atoms with van der Waals surface area (Å²) in [4.78, 5) is 20.3. The Hall–Kier alpha value is -1.32. The first-order valence-electron chi connectivity index (χ1n) is 11.0. The van der Waals surface area contributed by atoms with E-state index in [9.17, 15) is 9.59 Å². The van der Waals surface area contributed by atoms with Crippen molar-refractivity contribution in [2.45, 2.75) is 117 Å². The van der Waals surface area contributed by atoms with E-state index in [1.807, 2.05) is 6.92 Å². The first kappa shape index (κ1) is 27.9. The molecule has 0 amide bonds. The summed E-state index contributed by atoms with van der Waals surface area (Å²) < 4.78 is 4.55. The van der Waals surface area contributed by atoms with Crippen LogP contribution in [-0.4, -0.2) is 23.7 Å². The molecule has 0 aromatic rings. The number of carboxylic acids is 1. The van der Waals surface area contributed by atoms with Crippen LogP contribution in [0, 0.1) is 0 Å². The van der Waals surface area contributed by atoms with Gasteiger partial charge in [0, 0.05) is 13.3 Å². The summed E-state index contributed by atoms with van der Waals surface area (Å²) in [5.41, 5.74) is 0. The van der Waals surface area contributed by atoms with Crippen molar-refractivity contribution in [3.05, 3.63) is 12.2 Å². The van der Waals surface area contributed by atoms with Crippen molar-refractivity contribution in [1.82, 2.24) is 0 Å². The number of hydrogen-bond donors (Lipinski definition) is 1. The molecule has 0 bridgehead atoms. The maximum Gasteiger partial charge on any atom is 0.303 e. The molecule has 27 heavy (non-hydrogen) atoms. The number of ether oxygens (including phenoxy) is 1. The number of esters is 1. The van der Waals surface area contributed by atoms with Gasteiger partial charge in [0.15, 0.2) is 0 Å². The first-order valence-corrected chi connectivity index (χ1v) is 11.0. The van der Waals surface area contributed by atoms with E-state index in [1.165, 1.54) is 77.6 Å². The number of rotatable bonds is 17. The fraction of sp³-hybridized carbons (Fsp3) is 0.826. The highest BCUT2D eigenvalue weighted by Crippen LogP contribution is 2.09. The zero-order valence-corrected chi connectivity index (χ0v) is 18.1. The van der Waals surface area contributed by atoms with Gasteiger partial charge < -0.3 is 9.84 Å². The maximum absolute atomic E-state index is 10.3. The van der Waals surface area contributed by atoms with Gasteiger partial charge in [0.05, 0.1) is 6.61 Å². The van der Waals surface area contributed by atoms with Gasteiger partial charge in [0.25, 0.3) is 0 Å². The third kappa shape index (κ3) is 32.8. The molecule has 0 spiro atoms. The molecule has 0 aliphatic rings. The molecule has 0 aliphatic heterocycles. The minimum absolute atomic E-state index is 0.193. The van der Waals surface area contributed by atoms with Crippen molar-refractivity contribution in [3.63, 3.8) is 0 Å². The van der Waals surface area contributed by atoms with Crippen LogP contribution in [0.25, 0.3) is 0 Å². The van der Waals surface area contributed by atoms with Gasteiger partial charge in [0.1, 0.15) is 0 Å². The normalized spacial score (nSPS) is 10.5. The smallest absolute Gasteiger partial charge is 0.303 e. The van der Waals surface area contributed by atoms with Crippen LogP contribution in [0.5, 0.6) is 0 Å². The van der Waals surface area contributed by atoms with Crippen molar-refractivity contribution < 1.29 is 19.4 Å². The Balaban J connectivity index is 0. The van der Waals surface area contributed by atoms with Crippen LogP contribution >= 0.6 is 0 Å². The van der Waals surface area contributed by atoms with Crippen LogP contribution in [-0.2, 0) is 14.3 Å². The van der Waals surface area contributed by atoms with E-state index in [1.54, 1.807) is 0 Å². The summed E-state index contributed by atoms with van der Waals surface area (Å²) in [5, 5.41) is 8.51. The predicted octanol–water partition coefficient (Wildman–Crippen LogP) is 7.07. The Labute approximate surface area is 167 Å². The van der Waals surface area contributed by atoms with Gasteiger partial charge in [-0.15, -0.1) is 0 Å². The van der Waals surface area contributed by atoms with Gasteiger partial charge in [-0.3, -0.25) is 9.59 Å². The van der Waals surface area contributed by atoms with E-state index in [0.29, 0.717) is 13.0 Å². The van der Waals surface area contributed by atoms with Crippen LogP contribution in [0.4, 0.5) is 0 Å². The van der Waals surface area contributed by atoms with E-state index in [-0.39, 0.29) is 5.97 Å². The molecule has 0 saturated heterocycles. The molecular formula is C23H44O4. The molecule has 0 aromatic carbocycles. The highest BCUT2D eigenvalue weighted by Gasteiger charge is 1.95. The number of carbonyl (C=O) groups excluding carboxylic acids is 1. The largest absolute Gasteiger partial charge is 0.481 e. The number of carbonyl (C=O) groups is 2. The van der Waals surface area contributed by atoms with Crippen molar-refractivity contribution in [1.29, 1.82) is 0 Å². The Bertz CT molecular complexity index is 350. The lowest BCUT2D eigenvalue weighted by Gasteiger charge is -1.99. The second-order valence-electron chi connectivity index (χ2n) is 7.07. The standard InChI is InChI=1S/C18H34O2.C5H10O2/c1-2-3-4-5-6-7-8-9-10-11-12-13-14-15-16-17-18(19)20;1-3-4-7-5(2)6/h9-10H,2-8,11-17H2,1H3,(H,19,20);3-4H2,1-2H3/b10-9-;. The lowest BCUT2D eigenvalue weighted by molar-refractivity contribution is -0.141. The summed E-state index contributed by atoms with van der Waals surface area (Å²) in [6, 6.07) is 0. The highest BCUT2D eigenvalue weighted by molar-refractivity contribution is 5.66. The second-order valence-corrected chi connectivity index (χ2v) is 7.07. The fourth-order valence-electron chi connectivity index (χ4n) is 2.59. The number of unbranched alkanes of at least 4 members (excludes halogenated alkanes) is 11. The SMILES string of the molecule is CCCCCCCC/C=C\CCCCCCCC(=O)O.CCCOC(C)=O. The van der Waals surface area contributed by atoms with E-state index < -0.39 is 5.97 Å². The van der Waals surface area contributed by atoms with Crippen LogP contribution < -0.4 is 0 Å². The Morgan fingerprint density at radius 2 is 1.22 bits per heavy atom. The van der Waals surface area contributed by atoms with Gasteiger partial charge in [0.2, 0.25) is 0 Å². The van der Waals surface area contributed by atoms with Crippen molar-refractivity contribution in [2.24, 2.45) is 0 Å². The molecule has 0 radical (unpaired) electrons. The summed E-state index contributed by atoms with van der Waals surface area (Å²) in [5.74, 6) is -0.857. The van der Waals surface area contributed by atoms with Gasteiger partial charge in [-0.25, -0.2) is 0 Å². The lowest BCUT2D eigenvalue weighted by atomic mass is 10.1.